The van der Waals surface area contributed by atoms with Crippen LogP contribution in [0.4, 0.5) is 0 Å². The molecule has 6 heteroatoms. The number of hydrogen-bond acceptors (Lipinski definition) is 4. The second-order valence-electron chi connectivity index (χ2n) is 7.74. The molecule has 0 saturated carbocycles. The van der Waals surface area contributed by atoms with Crippen molar-refractivity contribution in [2.24, 2.45) is 5.92 Å². The Morgan fingerprint density at radius 2 is 2.00 bits per heavy atom. The molecule has 2 aliphatic rings. The molecule has 2 aromatic carbocycles. The molecule has 0 aliphatic carbocycles. The van der Waals surface area contributed by atoms with E-state index in [9.17, 15) is 4.79 Å². The van der Waals surface area contributed by atoms with Gasteiger partial charge >= 0.3 is 0 Å². The first kappa shape index (κ1) is 20.2. The maximum Gasteiger partial charge on any atom is 0.229 e. The minimum absolute atomic E-state index is 0.000282. The Bertz CT molecular complexity index is 860. The lowest BCUT2D eigenvalue weighted by Gasteiger charge is -2.37. The molecule has 0 bridgehead atoms. The van der Waals surface area contributed by atoms with Gasteiger partial charge in [-0.25, -0.2) is 0 Å². The molecular formula is C23H27ClN2O3. The number of methoxy groups -OCH3 is 1. The molecule has 2 fully saturated rings. The molecule has 2 heterocycles. The van der Waals surface area contributed by atoms with Crippen LogP contribution in [0.3, 0.4) is 0 Å². The predicted molar refractivity (Wildman–Crippen MR) is 113 cm³/mol. The van der Waals surface area contributed by atoms with Gasteiger partial charge in [-0.3, -0.25) is 9.69 Å². The van der Waals surface area contributed by atoms with E-state index in [0.29, 0.717) is 26.2 Å². The Kier molecular flexibility index (Phi) is 6.38. The number of benzene rings is 2. The SMILES string of the molecule is COc1cccc(CN2CCOC3CCN(Cc4ccccc4Cl)CC3C2=O)c1. The summed E-state index contributed by atoms with van der Waals surface area (Å²) in [5.41, 5.74) is 2.17. The smallest absolute Gasteiger partial charge is 0.229 e. The van der Waals surface area contributed by atoms with E-state index in [-0.39, 0.29) is 17.9 Å². The molecular weight excluding hydrogens is 388 g/mol. The van der Waals surface area contributed by atoms with E-state index >= 15 is 0 Å². The highest BCUT2D eigenvalue weighted by atomic mass is 35.5. The molecule has 0 aromatic heterocycles. The summed E-state index contributed by atoms with van der Waals surface area (Å²) in [4.78, 5) is 17.6. The fourth-order valence-corrected chi connectivity index (χ4v) is 4.45. The van der Waals surface area contributed by atoms with Crippen LogP contribution in [0, 0.1) is 5.92 Å². The molecule has 2 atom stereocenters. The Hall–Kier alpha value is -2.08. The summed E-state index contributed by atoms with van der Waals surface area (Å²) in [7, 11) is 1.66. The minimum atomic E-state index is -0.139. The van der Waals surface area contributed by atoms with Crippen LogP contribution in [0.25, 0.3) is 0 Å². The lowest BCUT2D eigenvalue weighted by Crippen LogP contribution is -2.49. The number of nitrogens with zero attached hydrogens (tertiary/aromatic N) is 2. The molecule has 1 amide bonds. The summed E-state index contributed by atoms with van der Waals surface area (Å²) >= 11 is 6.34. The van der Waals surface area contributed by atoms with Crippen molar-refractivity contribution < 1.29 is 14.3 Å². The van der Waals surface area contributed by atoms with Crippen LogP contribution < -0.4 is 4.74 Å². The molecule has 4 rings (SSSR count). The number of rotatable bonds is 5. The molecule has 0 radical (unpaired) electrons. The highest BCUT2D eigenvalue weighted by molar-refractivity contribution is 6.31. The third kappa shape index (κ3) is 4.74. The standard InChI is InChI=1S/C23H27ClN2O3/c1-28-19-7-4-5-17(13-19)14-26-11-12-29-22-9-10-25(16-20(22)23(26)27)15-18-6-2-3-8-21(18)24/h2-8,13,20,22H,9-12,14-16H2,1H3. The number of carbonyl (C=O) groups is 1. The van der Waals surface area contributed by atoms with Crippen LogP contribution in [-0.2, 0) is 22.6 Å². The van der Waals surface area contributed by atoms with Crippen LogP contribution in [-0.4, -0.2) is 55.2 Å². The van der Waals surface area contributed by atoms with Crippen molar-refractivity contribution in [3.63, 3.8) is 0 Å². The van der Waals surface area contributed by atoms with E-state index in [4.69, 9.17) is 21.1 Å². The normalized spacial score (nSPS) is 22.8. The van der Waals surface area contributed by atoms with E-state index in [0.717, 1.165) is 41.4 Å². The second kappa shape index (κ2) is 9.16. The first-order valence-electron chi connectivity index (χ1n) is 10.1. The van der Waals surface area contributed by atoms with Crippen molar-refractivity contribution in [3.05, 3.63) is 64.7 Å². The van der Waals surface area contributed by atoms with Gasteiger partial charge in [0.25, 0.3) is 0 Å². The third-order valence-corrected chi connectivity index (χ3v) is 6.18. The third-order valence-electron chi connectivity index (χ3n) is 5.81. The molecule has 2 unspecified atom stereocenters. The lowest BCUT2D eigenvalue weighted by atomic mass is 9.92. The average molecular weight is 415 g/mol. The van der Waals surface area contributed by atoms with Gasteiger partial charge in [0.15, 0.2) is 0 Å². The van der Waals surface area contributed by atoms with E-state index in [1.54, 1.807) is 7.11 Å². The lowest BCUT2D eigenvalue weighted by molar-refractivity contribution is -0.140. The number of hydrogen-bond donors (Lipinski definition) is 0. The molecule has 0 N–H and O–H groups in total. The summed E-state index contributed by atoms with van der Waals surface area (Å²) in [5, 5.41) is 0.776. The number of ether oxygens (including phenoxy) is 2. The minimum Gasteiger partial charge on any atom is -0.497 e. The second-order valence-corrected chi connectivity index (χ2v) is 8.15. The fourth-order valence-electron chi connectivity index (χ4n) is 4.25. The maximum atomic E-state index is 13.4. The molecule has 5 nitrogen and oxygen atoms in total. The van der Waals surface area contributed by atoms with E-state index in [1.807, 2.05) is 47.4 Å². The zero-order chi connectivity index (χ0) is 20.2. The summed E-state index contributed by atoms with van der Waals surface area (Å²) in [5.74, 6) is 0.848. The van der Waals surface area contributed by atoms with Gasteiger partial charge < -0.3 is 14.4 Å². The van der Waals surface area contributed by atoms with Crippen LogP contribution in [0.5, 0.6) is 5.75 Å². The van der Waals surface area contributed by atoms with E-state index in [1.165, 1.54) is 0 Å². The average Bonchev–Trinajstić information content (AvgIpc) is 2.89. The molecule has 29 heavy (non-hydrogen) atoms. The van der Waals surface area contributed by atoms with Crippen molar-refractivity contribution in [1.82, 2.24) is 9.80 Å². The fraction of sp³-hybridized carbons (Fsp3) is 0.435. The molecule has 2 aromatic rings. The first-order chi connectivity index (χ1) is 14.1. The Morgan fingerprint density at radius 3 is 2.83 bits per heavy atom. The quantitative estimate of drug-likeness (QED) is 0.749. The van der Waals surface area contributed by atoms with E-state index in [2.05, 4.69) is 11.0 Å². The van der Waals surface area contributed by atoms with Gasteiger partial charge in [0.2, 0.25) is 5.91 Å². The number of amides is 1. The summed E-state index contributed by atoms with van der Waals surface area (Å²) < 4.78 is 11.4. The molecule has 0 spiro atoms. The van der Waals surface area contributed by atoms with Crippen molar-refractivity contribution in [1.29, 1.82) is 0 Å². The Morgan fingerprint density at radius 1 is 1.14 bits per heavy atom. The van der Waals surface area contributed by atoms with Crippen molar-refractivity contribution >= 4 is 17.5 Å². The van der Waals surface area contributed by atoms with Crippen LogP contribution in [0.2, 0.25) is 5.02 Å². The number of fused-ring (bicyclic) bond motifs is 1. The Labute approximate surface area is 177 Å². The largest absolute Gasteiger partial charge is 0.497 e. The van der Waals surface area contributed by atoms with Gasteiger partial charge in [0.05, 0.1) is 25.7 Å². The summed E-state index contributed by atoms with van der Waals surface area (Å²) in [6, 6.07) is 15.8. The zero-order valence-electron chi connectivity index (χ0n) is 16.7. The van der Waals surface area contributed by atoms with Gasteiger partial charge in [-0.15, -0.1) is 0 Å². The van der Waals surface area contributed by atoms with Gasteiger partial charge in [-0.1, -0.05) is 41.9 Å². The van der Waals surface area contributed by atoms with Crippen LogP contribution in [0.15, 0.2) is 48.5 Å². The number of carbonyl (C=O) groups excluding carboxylic acids is 1. The number of likely N-dealkylation sites (tertiary alicyclic amines) is 1. The summed E-state index contributed by atoms with van der Waals surface area (Å²) in [6.45, 7) is 4.15. The van der Waals surface area contributed by atoms with E-state index < -0.39 is 0 Å². The number of piperidine rings is 1. The zero-order valence-corrected chi connectivity index (χ0v) is 17.5. The molecule has 2 aliphatic heterocycles. The predicted octanol–water partition coefficient (Wildman–Crippen LogP) is 3.60. The topological polar surface area (TPSA) is 42.0 Å². The first-order valence-corrected chi connectivity index (χ1v) is 10.5. The van der Waals surface area contributed by atoms with Gasteiger partial charge in [0, 0.05) is 37.7 Å². The summed E-state index contributed by atoms with van der Waals surface area (Å²) in [6.07, 6.45) is 0.869. The highest BCUT2D eigenvalue weighted by Gasteiger charge is 2.39. The Balaban J connectivity index is 1.46. The van der Waals surface area contributed by atoms with Gasteiger partial charge in [-0.2, -0.15) is 0 Å². The van der Waals surface area contributed by atoms with Crippen LogP contribution in [0.1, 0.15) is 17.5 Å². The highest BCUT2D eigenvalue weighted by Crippen LogP contribution is 2.28. The van der Waals surface area contributed by atoms with Crippen molar-refractivity contribution in [2.45, 2.75) is 25.6 Å². The molecule has 154 valence electrons. The molecule has 2 saturated heterocycles. The van der Waals surface area contributed by atoms with Crippen molar-refractivity contribution in [2.75, 3.05) is 33.4 Å². The monoisotopic (exact) mass is 414 g/mol. The van der Waals surface area contributed by atoms with Gasteiger partial charge in [-0.05, 0) is 35.7 Å². The van der Waals surface area contributed by atoms with Crippen LogP contribution >= 0.6 is 11.6 Å². The maximum absolute atomic E-state index is 13.4. The van der Waals surface area contributed by atoms with Crippen molar-refractivity contribution in [3.8, 4) is 5.75 Å². The van der Waals surface area contributed by atoms with Gasteiger partial charge in [0.1, 0.15) is 5.75 Å². The number of halogens is 1.